The predicted octanol–water partition coefficient (Wildman–Crippen LogP) is 4.81. The molecule has 1 aromatic heterocycles. The number of rotatable bonds is 7. The first kappa shape index (κ1) is 26.7. The minimum atomic E-state index is -4.66. The predicted molar refractivity (Wildman–Crippen MR) is 133 cm³/mol. The molecule has 1 aliphatic heterocycles. The first-order valence-corrected chi connectivity index (χ1v) is 13.3. The summed E-state index contributed by atoms with van der Waals surface area (Å²) in [5.74, 6) is -0.988. The Morgan fingerprint density at radius 3 is 2.38 bits per heavy atom. The zero-order valence-corrected chi connectivity index (χ0v) is 21.1. The molecule has 0 aliphatic carbocycles. The van der Waals surface area contributed by atoms with E-state index >= 15 is 0 Å². The van der Waals surface area contributed by atoms with Gasteiger partial charge in [0.05, 0.1) is 21.6 Å². The molecule has 2 heterocycles. The molecule has 2 amide bonds. The summed E-state index contributed by atoms with van der Waals surface area (Å²) in [4.78, 5) is 15.5. The Balaban J connectivity index is 1.55. The van der Waals surface area contributed by atoms with Crippen LogP contribution in [0.2, 0.25) is 0 Å². The number of ether oxygens (including phenoxy) is 1. The number of aromatic nitrogens is 2. The van der Waals surface area contributed by atoms with Crippen LogP contribution in [-0.4, -0.2) is 43.3 Å². The first-order valence-electron chi connectivity index (χ1n) is 11.8. The summed E-state index contributed by atoms with van der Waals surface area (Å²) in [5.41, 5.74) is 0.788. The van der Waals surface area contributed by atoms with E-state index in [1.54, 1.807) is 13.8 Å². The second kappa shape index (κ2) is 10.6. The minimum absolute atomic E-state index is 0.0272. The van der Waals surface area contributed by atoms with Gasteiger partial charge in [0.1, 0.15) is 0 Å². The number of urea groups is 1. The fourth-order valence-electron chi connectivity index (χ4n) is 4.14. The van der Waals surface area contributed by atoms with Crippen LogP contribution in [0.15, 0.2) is 47.4 Å². The van der Waals surface area contributed by atoms with Crippen LogP contribution in [0.3, 0.4) is 0 Å². The summed E-state index contributed by atoms with van der Waals surface area (Å²) in [6.45, 7) is 4.77. The average Bonchev–Trinajstić information content (AvgIpc) is 3.17. The van der Waals surface area contributed by atoms with Gasteiger partial charge in [-0.15, -0.1) is 0 Å². The van der Waals surface area contributed by atoms with Crippen molar-refractivity contribution in [1.82, 2.24) is 14.9 Å². The lowest BCUT2D eigenvalue weighted by Crippen LogP contribution is -2.34. The molecule has 3 aromatic rings. The molecule has 200 valence electrons. The second-order valence-corrected chi connectivity index (χ2v) is 10.9. The lowest BCUT2D eigenvalue weighted by atomic mass is 10.0. The minimum Gasteiger partial charge on any atom is -0.381 e. The van der Waals surface area contributed by atoms with Gasteiger partial charge in [0.2, 0.25) is 5.82 Å². The van der Waals surface area contributed by atoms with Gasteiger partial charge in [-0.2, -0.15) is 13.2 Å². The highest BCUT2D eigenvalue weighted by atomic mass is 32.2. The van der Waals surface area contributed by atoms with Gasteiger partial charge in [-0.3, -0.25) is 4.72 Å². The number of nitrogens with zero attached hydrogens (tertiary/aromatic N) is 2. The topological polar surface area (TPSA) is 114 Å². The van der Waals surface area contributed by atoms with Crippen molar-refractivity contribution < 1.29 is 31.1 Å². The Kier molecular flexibility index (Phi) is 7.64. The Labute approximate surface area is 212 Å². The molecule has 1 saturated heterocycles. The number of alkyl halides is 3. The summed E-state index contributed by atoms with van der Waals surface area (Å²) in [7, 11) is -4.05. The van der Waals surface area contributed by atoms with E-state index in [0.717, 1.165) is 4.57 Å². The maximum Gasteiger partial charge on any atom is 0.449 e. The highest BCUT2D eigenvalue weighted by Gasteiger charge is 2.38. The maximum atomic E-state index is 13.8. The average molecular weight is 540 g/mol. The standard InChI is InChI=1S/C24H28F3N5O4S/c1-15(2)28-23(33)29-17-3-6-19(7-4-17)37(34,35)31-18-5-8-21-20(13-18)30-22(24(25,26)27)32(21)14-16-9-11-36-12-10-16/h3-8,13,15-16,31H,9-12,14H2,1-2H3,(H2,28,29,33). The highest BCUT2D eigenvalue weighted by Crippen LogP contribution is 2.34. The number of fused-ring (bicyclic) bond motifs is 1. The van der Waals surface area contributed by atoms with Gasteiger partial charge in [-0.05, 0) is 75.1 Å². The van der Waals surface area contributed by atoms with Crippen molar-refractivity contribution in [3.63, 3.8) is 0 Å². The molecule has 0 unspecified atom stereocenters. The van der Waals surface area contributed by atoms with E-state index in [2.05, 4.69) is 20.3 Å². The van der Waals surface area contributed by atoms with Crippen LogP contribution in [0.5, 0.6) is 0 Å². The number of amides is 2. The quantitative estimate of drug-likeness (QED) is 0.399. The zero-order valence-electron chi connectivity index (χ0n) is 20.3. The highest BCUT2D eigenvalue weighted by molar-refractivity contribution is 7.92. The lowest BCUT2D eigenvalue weighted by molar-refractivity contribution is -0.147. The van der Waals surface area contributed by atoms with Gasteiger partial charge in [0.25, 0.3) is 10.0 Å². The van der Waals surface area contributed by atoms with E-state index < -0.39 is 28.1 Å². The number of halogens is 3. The number of carbonyl (C=O) groups excluding carboxylic acids is 1. The van der Waals surface area contributed by atoms with Crippen LogP contribution in [0.1, 0.15) is 32.5 Å². The molecule has 0 saturated carbocycles. The molecule has 1 fully saturated rings. The summed E-state index contributed by atoms with van der Waals surface area (Å²) in [5, 5.41) is 5.25. The summed E-state index contributed by atoms with van der Waals surface area (Å²) >= 11 is 0. The molecule has 0 radical (unpaired) electrons. The number of hydrogen-bond donors (Lipinski definition) is 3. The van der Waals surface area contributed by atoms with Crippen LogP contribution in [-0.2, 0) is 27.5 Å². The van der Waals surface area contributed by atoms with Gasteiger partial charge >= 0.3 is 12.2 Å². The number of hydrogen-bond acceptors (Lipinski definition) is 5. The van der Waals surface area contributed by atoms with Crippen LogP contribution < -0.4 is 15.4 Å². The SMILES string of the molecule is CC(C)NC(=O)Nc1ccc(S(=O)(=O)Nc2ccc3c(c2)nc(C(F)(F)F)n3CC2CCOCC2)cc1. The number of nitrogens with one attached hydrogen (secondary N) is 3. The molecule has 9 nitrogen and oxygen atoms in total. The largest absolute Gasteiger partial charge is 0.449 e. The fourth-order valence-corrected chi connectivity index (χ4v) is 5.19. The number of sulfonamides is 1. The first-order chi connectivity index (χ1) is 17.4. The Morgan fingerprint density at radius 2 is 1.76 bits per heavy atom. The second-order valence-electron chi connectivity index (χ2n) is 9.19. The van der Waals surface area contributed by atoms with E-state index in [0.29, 0.717) is 31.7 Å². The van der Waals surface area contributed by atoms with Gasteiger partial charge < -0.3 is 19.9 Å². The van der Waals surface area contributed by atoms with Crippen LogP contribution in [0.25, 0.3) is 11.0 Å². The summed E-state index contributed by atoms with van der Waals surface area (Å²) in [6, 6.07) is 9.15. The van der Waals surface area contributed by atoms with Gasteiger partial charge in [0.15, 0.2) is 0 Å². The van der Waals surface area contributed by atoms with E-state index in [9.17, 15) is 26.4 Å². The molecule has 4 rings (SSSR count). The third kappa shape index (κ3) is 6.52. The lowest BCUT2D eigenvalue weighted by Gasteiger charge is -2.23. The molecule has 3 N–H and O–H groups in total. The molecule has 0 spiro atoms. The number of anilines is 2. The summed E-state index contributed by atoms with van der Waals surface area (Å²) < 4.78 is 75.9. The Morgan fingerprint density at radius 1 is 1.11 bits per heavy atom. The number of benzene rings is 2. The molecule has 13 heteroatoms. The van der Waals surface area contributed by atoms with Crippen molar-refractivity contribution in [3.8, 4) is 0 Å². The van der Waals surface area contributed by atoms with E-state index in [1.165, 1.54) is 42.5 Å². The smallest absolute Gasteiger partial charge is 0.381 e. The van der Waals surface area contributed by atoms with Crippen LogP contribution in [0, 0.1) is 5.92 Å². The molecule has 0 atom stereocenters. The van der Waals surface area contributed by atoms with Crippen molar-refractivity contribution in [3.05, 3.63) is 48.3 Å². The normalized spacial score (nSPS) is 15.2. The molecule has 0 bridgehead atoms. The van der Waals surface area contributed by atoms with Crippen molar-refractivity contribution in [2.24, 2.45) is 5.92 Å². The number of carbonyl (C=O) groups is 1. The maximum absolute atomic E-state index is 13.8. The zero-order chi connectivity index (χ0) is 26.8. The van der Waals surface area contributed by atoms with Crippen molar-refractivity contribution >= 4 is 38.5 Å². The van der Waals surface area contributed by atoms with Crippen LogP contribution in [0.4, 0.5) is 29.3 Å². The van der Waals surface area contributed by atoms with Gasteiger partial charge in [-0.1, -0.05) is 0 Å². The van der Waals surface area contributed by atoms with Crippen molar-refractivity contribution in [1.29, 1.82) is 0 Å². The van der Waals surface area contributed by atoms with E-state index in [-0.39, 0.29) is 40.1 Å². The van der Waals surface area contributed by atoms with Crippen LogP contribution >= 0.6 is 0 Å². The molecule has 2 aromatic carbocycles. The van der Waals surface area contributed by atoms with E-state index in [4.69, 9.17) is 4.74 Å². The summed E-state index contributed by atoms with van der Waals surface area (Å²) in [6.07, 6.45) is -3.34. The fraction of sp³-hybridized carbons (Fsp3) is 0.417. The van der Waals surface area contributed by atoms with Gasteiger partial charge in [-0.25, -0.2) is 18.2 Å². The third-order valence-corrected chi connectivity index (χ3v) is 7.28. The monoisotopic (exact) mass is 539 g/mol. The molecular formula is C24H28F3N5O4S. The molecular weight excluding hydrogens is 511 g/mol. The third-order valence-electron chi connectivity index (χ3n) is 5.88. The Bertz CT molecular complexity index is 1370. The molecule has 37 heavy (non-hydrogen) atoms. The Hall–Kier alpha value is -3.32. The van der Waals surface area contributed by atoms with Crippen molar-refractivity contribution in [2.75, 3.05) is 23.3 Å². The van der Waals surface area contributed by atoms with E-state index in [1.807, 2.05) is 0 Å². The number of imidazole rings is 1. The van der Waals surface area contributed by atoms with Gasteiger partial charge in [0, 0.05) is 31.5 Å². The molecule has 1 aliphatic rings. The van der Waals surface area contributed by atoms with Crippen molar-refractivity contribution in [2.45, 2.75) is 50.3 Å².